The van der Waals surface area contributed by atoms with Crippen molar-refractivity contribution in [3.05, 3.63) is 71.8 Å². The van der Waals surface area contributed by atoms with Crippen molar-refractivity contribution < 1.29 is 4.79 Å². The molecule has 2 fully saturated rings. The first-order valence-electron chi connectivity index (χ1n) is 9.62. The van der Waals surface area contributed by atoms with E-state index in [1.807, 2.05) is 36.4 Å². The molecule has 4 rings (SSSR count). The number of carbonyl (C=O) groups excluding carboxylic acids is 1. The maximum absolute atomic E-state index is 13.2. The average molecular weight is 333 g/mol. The molecular formula is C23H27NO. The summed E-state index contributed by atoms with van der Waals surface area (Å²) in [6, 6.07) is 20.5. The number of amides is 1. The molecule has 0 saturated heterocycles. The molecule has 0 aliphatic heterocycles. The van der Waals surface area contributed by atoms with Crippen LogP contribution in [-0.2, 0) is 4.79 Å². The molecule has 0 radical (unpaired) electrons. The zero-order valence-corrected chi connectivity index (χ0v) is 14.9. The van der Waals surface area contributed by atoms with Crippen LogP contribution in [-0.4, -0.2) is 11.9 Å². The predicted octanol–water partition coefficient (Wildman–Crippen LogP) is 4.76. The minimum atomic E-state index is -0.233. The van der Waals surface area contributed by atoms with Crippen LogP contribution in [0.4, 0.5) is 0 Å². The number of fused-ring (bicyclic) bond motifs is 2. The van der Waals surface area contributed by atoms with E-state index in [0.29, 0.717) is 5.92 Å². The Bertz CT molecular complexity index is 672. The van der Waals surface area contributed by atoms with Crippen LogP contribution in [0, 0.1) is 17.8 Å². The van der Waals surface area contributed by atoms with Gasteiger partial charge in [-0.3, -0.25) is 4.79 Å². The normalized spacial score (nSPS) is 25.9. The monoisotopic (exact) mass is 333 g/mol. The smallest absolute Gasteiger partial charge is 0.232 e. The largest absolute Gasteiger partial charge is 0.353 e. The highest BCUT2D eigenvalue weighted by atomic mass is 16.1. The van der Waals surface area contributed by atoms with Gasteiger partial charge in [0, 0.05) is 6.04 Å². The fourth-order valence-corrected chi connectivity index (χ4v) is 5.11. The first-order chi connectivity index (χ1) is 12.2. The number of nitrogens with one attached hydrogen (secondary N) is 1. The number of rotatable bonds is 5. The second kappa shape index (κ2) is 7.03. The van der Waals surface area contributed by atoms with Crippen molar-refractivity contribution in [3.8, 4) is 0 Å². The van der Waals surface area contributed by atoms with Crippen LogP contribution in [0.5, 0.6) is 0 Å². The third kappa shape index (κ3) is 3.35. The molecule has 2 aliphatic rings. The SMILES string of the molecule is C[C@@H](NC(=O)C(c1ccccc1)c1ccccc1)[C@@H]1C[C@@H]2CC[C@@H]1C2. The molecule has 2 nitrogen and oxygen atoms in total. The molecular weight excluding hydrogens is 306 g/mol. The van der Waals surface area contributed by atoms with Gasteiger partial charge in [0.05, 0.1) is 5.92 Å². The molecule has 25 heavy (non-hydrogen) atoms. The van der Waals surface area contributed by atoms with E-state index in [9.17, 15) is 4.79 Å². The van der Waals surface area contributed by atoms with Crippen molar-refractivity contribution in [2.24, 2.45) is 17.8 Å². The van der Waals surface area contributed by atoms with Crippen molar-refractivity contribution >= 4 is 5.91 Å². The van der Waals surface area contributed by atoms with Crippen LogP contribution in [0.15, 0.2) is 60.7 Å². The zero-order valence-electron chi connectivity index (χ0n) is 14.9. The Kier molecular flexibility index (Phi) is 4.61. The first kappa shape index (κ1) is 16.4. The van der Waals surface area contributed by atoms with E-state index in [2.05, 4.69) is 36.5 Å². The molecule has 0 aromatic heterocycles. The van der Waals surface area contributed by atoms with Crippen molar-refractivity contribution in [2.75, 3.05) is 0 Å². The van der Waals surface area contributed by atoms with E-state index in [1.165, 1.54) is 25.7 Å². The van der Waals surface area contributed by atoms with Crippen molar-refractivity contribution in [1.29, 1.82) is 0 Å². The second-order valence-corrected chi connectivity index (χ2v) is 7.89. The average Bonchev–Trinajstić information content (AvgIpc) is 3.27. The van der Waals surface area contributed by atoms with Crippen molar-refractivity contribution in [3.63, 3.8) is 0 Å². The van der Waals surface area contributed by atoms with Crippen LogP contribution in [0.25, 0.3) is 0 Å². The van der Waals surface area contributed by atoms with Crippen LogP contribution in [0.2, 0.25) is 0 Å². The number of benzene rings is 2. The molecule has 2 aliphatic carbocycles. The summed E-state index contributed by atoms with van der Waals surface area (Å²) in [5.41, 5.74) is 2.12. The van der Waals surface area contributed by atoms with Crippen LogP contribution in [0.1, 0.15) is 49.7 Å². The highest BCUT2D eigenvalue weighted by Crippen LogP contribution is 2.49. The summed E-state index contributed by atoms with van der Waals surface area (Å²) in [6.45, 7) is 2.20. The molecule has 0 unspecified atom stereocenters. The molecule has 2 aromatic rings. The first-order valence-corrected chi connectivity index (χ1v) is 9.62. The summed E-state index contributed by atoms with van der Waals surface area (Å²) in [7, 11) is 0. The third-order valence-corrected chi connectivity index (χ3v) is 6.33. The summed E-state index contributed by atoms with van der Waals surface area (Å²) in [5.74, 6) is 2.30. The molecule has 1 N–H and O–H groups in total. The fourth-order valence-electron chi connectivity index (χ4n) is 5.11. The number of carbonyl (C=O) groups is 1. The molecule has 0 spiro atoms. The lowest BCUT2D eigenvalue weighted by Crippen LogP contribution is -2.42. The van der Waals surface area contributed by atoms with Gasteiger partial charge in [-0.15, -0.1) is 0 Å². The molecule has 2 heteroatoms. The maximum atomic E-state index is 13.2. The lowest BCUT2D eigenvalue weighted by atomic mass is 9.83. The summed E-state index contributed by atoms with van der Waals surface area (Å²) < 4.78 is 0. The third-order valence-electron chi connectivity index (χ3n) is 6.33. The van der Waals surface area contributed by atoms with Crippen molar-refractivity contribution in [2.45, 2.75) is 44.6 Å². The summed E-state index contributed by atoms with van der Waals surface area (Å²) in [6.07, 6.45) is 5.44. The molecule has 2 saturated carbocycles. The van der Waals surface area contributed by atoms with Gasteiger partial charge >= 0.3 is 0 Å². The van der Waals surface area contributed by atoms with Gasteiger partial charge in [-0.05, 0) is 55.1 Å². The van der Waals surface area contributed by atoms with Gasteiger partial charge in [-0.1, -0.05) is 67.1 Å². The van der Waals surface area contributed by atoms with Gasteiger partial charge in [0.15, 0.2) is 0 Å². The van der Waals surface area contributed by atoms with E-state index < -0.39 is 0 Å². The summed E-state index contributed by atoms with van der Waals surface area (Å²) in [4.78, 5) is 13.2. The molecule has 0 heterocycles. The standard InChI is InChI=1S/C23H27NO/c1-16(21-15-17-12-13-20(21)14-17)24-23(25)22(18-8-4-2-5-9-18)19-10-6-3-7-11-19/h2-11,16-17,20-22H,12-15H2,1H3,(H,24,25)/t16-,17-,20-,21+/m1/s1. The van der Waals surface area contributed by atoms with E-state index in [0.717, 1.165) is 23.0 Å². The molecule has 2 bridgehead atoms. The summed E-state index contributed by atoms with van der Waals surface area (Å²) >= 11 is 0. The van der Waals surface area contributed by atoms with E-state index in [4.69, 9.17) is 0 Å². The van der Waals surface area contributed by atoms with Crippen LogP contribution in [0.3, 0.4) is 0 Å². The van der Waals surface area contributed by atoms with Crippen LogP contribution >= 0.6 is 0 Å². The topological polar surface area (TPSA) is 29.1 Å². The second-order valence-electron chi connectivity index (χ2n) is 7.89. The van der Waals surface area contributed by atoms with Gasteiger partial charge in [0.25, 0.3) is 0 Å². The highest BCUT2D eigenvalue weighted by molar-refractivity contribution is 5.87. The predicted molar refractivity (Wildman–Crippen MR) is 101 cm³/mol. The quantitative estimate of drug-likeness (QED) is 0.840. The zero-order chi connectivity index (χ0) is 17.2. The van der Waals surface area contributed by atoms with E-state index >= 15 is 0 Å². The highest BCUT2D eigenvalue weighted by Gasteiger charge is 2.42. The van der Waals surface area contributed by atoms with Crippen molar-refractivity contribution in [1.82, 2.24) is 5.32 Å². The molecule has 1 amide bonds. The molecule has 4 atom stereocenters. The van der Waals surface area contributed by atoms with Gasteiger partial charge in [-0.2, -0.15) is 0 Å². The molecule has 130 valence electrons. The van der Waals surface area contributed by atoms with E-state index in [-0.39, 0.29) is 17.9 Å². The minimum Gasteiger partial charge on any atom is -0.353 e. The van der Waals surface area contributed by atoms with E-state index in [1.54, 1.807) is 0 Å². The number of hydrogen-bond donors (Lipinski definition) is 1. The Morgan fingerprint density at radius 3 is 2.00 bits per heavy atom. The Morgan fingerprint density at radius 2 is 1.52 bits per heavy atom. The van der Waals surface area contributed by atoms with Gasteiger partial charge in [-0.25, -0.2) is 0 Å². The fraction of sp³-hybridized carbons (Fsp3) is 0.435. The Balaban J connectivity index is 1.54. The number of hydrogen-bond acceptors (Lipinski definition) is 1. The Morgan fingerprint density at radius 1 is 0.920 bits per heavy atom. The Labute approximate surface area is 150 Å². The minimum absolute atomic E-state index is 0.132. The Hall–Kier alpha value is -2.09. The van der Waals surface area contributed by atoms with Gasteiger partial charge in [0.2, 0.25) is 5.91 Å². The lowest BCUT2D eigenvalue weighted by Gasteiger charge is -2.30. The molecule has 2 aromatic carbocycles. The van der Waals surface area contributed by atoms with Crippen LogP contribution < -0.4 is 5.32 Å². The lowest BCUT2D eigenvalue weighted by molar-refractivity contribution is -0.122. The summed E-state index contributed by atoms with van der Waals surface area (Å²) in [5, 5.41) is 3.36. The van der Waals surface area contributed by atoms with Gasteiger partial charge < -0.3 is 5.32 Å². The van der Waals surface area contributed by atoms with Gasteiger partial charge in [0.1, 0.15) is 0 Å². The maximum Gasteiger partial charge on any atom is 0.232 e.